The second kappa shape index (κ2) is 16.9. The van der Waals surface area contributed by atoms with Crippen LogP contribution >= 0.6 is 0 Å². The first kappa shape index (κ1) is 45.0. The van der Waals surface area contributed by atoms with Crippen molar-refractivity contribution < 1.29 is 37.9 Å². The molecule has 11 nitrogen and oxygen atoms in total. The lowest BCUT2D eigenvalue weighted by Gasteiger charge is -2.44. The topological polar surface area (TPSA) is 82.2 Å². The molecule has 0 saturated carbocycles. The van der Waals surface area contributed by atoms with Crippen LogP contribution in [-0.2, 0) is 56.0 Å². The Labute approximate surface area is 308 Å². The van der Waals surface area contributed by atoms with Crippen LogP contribution in [0, 0.1) is 0 Å². The molecule has 0 radical (unpaired) electrons. The van der Waals surface area contributed by atoms with Crippen LogP contribution in [0.25, 0.3) is 0 Å². The third kappa shape index (κ3) is 18.5. The van der Waals surface area contributed by atoms with Gasteiger partial charge in [0.05, 0.1) is 27.2 Å². The second-order valence-electron chi connectivity index (χ2n) is 17.5. The smallest absolute Gasteiger partial charge is 0.314 e. The molecule has 2 aromatic heterocycles. The van der Waals surface area contributed by atoms with Crippen LogP contribution in [0.1, 0.15) is 12.8 Å². The van der Waals surface area contributed by atoms with Gasteiger partial charge in [0.25, 0.3) is 0 Å². The molecule has 0 aliphatic heterocycles. The van der Waals surface area contributed by atoms with E-state index in [0.717, 1.165) is 38.0 Å². The van der Waals surface area contributed by atoms with Gasteiger partial charge in [0.2, 0.25) is 12.7 Å². The highest BCUT2D eigenvalue weighted by Gasteiger charge is 2.49. The standard InChI is InChI=1S/C30H72N4O7Si8/c1-31-23-25-33(29-31)21-19-27-42(3,4)35-44(7,8)37-46(11,12)39-48(15,16)41-49(17,18)40-47(13,14)38-45(9,10)36-43(5,6)28-20-22-34-26-24-32(2)30-34/h23-26,29-30H,19-22,27-28H2,1-18H3/q+2. The molecule has 0 amide bonds. The van der Waals surface area contributed by atoms with E-state index in [-0.39, 0.29) is 0 Å². The van der Waals surface area contributed by atoms with Crippen LogP contribution in [0.15, 0.2) is 37.4 Å². The van der Waals surface area contributed by atoms with Crippen molar-refractivity contribution in [2.24, 2.45) is 14.1 Å². The minimum atomic E-state index is -2.63. The molecule has 0 bridgehead atoms. The summed E-state index contributed by atoms with van der Waals surface area (Å²) in [5, 5.41) is 0. The van der Waals surface area contributed by atoms with Crippen LogP contribution < -0.4 is 9.13 Å². The molecule has 0 spiro atoms. The van der Waals surface area contributed by atoms with Crippen molar-refractivity contribution >= 4 is 68.0 Å². The van der Waals surface area contributed by atoms with Crippen molar-refractivity contribution in [3.63, 3.8) is 0 Å². The first-order chi connectivity index (χ1) is 21.9. The molecule has 2 heterocycles. The van der Waals surface area contributed by atoms with Gasteiger partial charge in [-0.25, -0.2) is 18.3 Å². The van der Waals surface area contributed by atoms with Gasteiger partial charge in [-0.15, -0.1) is 0 Å². The maximum Gasteiger partial charge on any atom is 0.314 e. The first-order valence-corrected chi connectivity index (χ1v) is 41.0. The largest absolute Gasteiger partial charge is 0.436 e. The average Bonchev–Trinajstić information content (AvgIpc) is 3.40. The number of rotatable bonds is 22. The first-order valence-electron chi connectivity index (χ1n) is 17.8. The van der Waals surface area contributed by atoms with E-state index in [1.54, 1.807) is 0 Å². The van der Waals surface area contributed by atoms with Gasteiger partial charge in [0.15, 0.2) is 16.6 Å². The van der Waals surface area contributed by atoms with Gasteiger partial charge in [0, 0.05) is 0 Å². The number of aromatic nitrogens is 4. The molecule has 2 rings (SSSR count). The van der Waals surface area contributed by atoms with Crippen LogP contribution in [-0.4, -0.2) is 77.1 Å². The summed E-state index contributed by atoms with van der Waals surface area (Å²) in [5.41, 5.74) is 0. The number of nitrogens with zero attached hydrogens (tertiary/aromatic N) is 4. The van der Waals surface area contributed by atoms with Gasteiger partial charge >= 0.3 is 51.4 Å². The Kier molecular flexibility index (Phi) is 15.5. The highest BCUT2D eigenvalue weighted by atomic mass is 28.5. The predicted molar refractivity (Wildman–Crippen MR) is 218 cm³/mol. The third-order valence-corrected chi connectivity index (χ3v) is 38.7. The van der Waals surface area contributed by atoms with Crippen molar-refractivity contribution in [1.29, 1.82) is 0 Å². The van der Waals surface area contributed by atoms with E-state index in [9.17, 15) is 0 Å². The summed E-state index contributed by atoms with van der Waals surface area (Å²) < 4.78 is 56.4. The van der Waals surface area contributed by atoms with Crippen molar-refractivity contribution in [1.82, 2.24) is 9.13 Å². The van der Waals surface area contributed by atoms with Crippen LogP contribution in [0.3, 0.4) is 0 Å². The van der Waals surface area contributed by atoms with E-state index < -0.39 is 68.0 Å². The number of imidazole rings is 2. The summed E-state index contributed by atoms with van der Waals surface area (Å²) in [6.07, 6.45) is 14.8. The Balaban J connectivity index is 1.91. The van der Waals surface area contributed by atoms with E-state index in [0.29, 0.717) is 0 Å². The summed E-state index contributed by atoms with van der Waals surface area (Å²) in [7, 11) is -15.1. The maximum atomic E-state index is 6.85. The van der Waals surface area contributed by atoms with Gasteiger partial charge in [-0.1, -0.05) is 0 Å². The average molecular weight is 826 g/mol. The lowest BCUT2D eigenvalue weighted by molar-refractivity contribution is -0.671. The van der Waals surface area contributed by atoms with E-state index in [1.165, 1.54) is 0 Å². The van der Waals surface area contributed by atoms with Gasteiger partial charge in [-0.05, 0) is 130 Å². The second-order valence-corrected chi connectivity index (χ2v) is 48.0. The molecule has 2 aromatic rings. The zero-order valence-corrected chi connectivity index (χ0v) is 42.4. The monoisotopic (exact) mass is 824 g/mol. The number of hydrogen-bond donors (Lipinski definition) is 0. The van der Waals surface area contributed by atoms with Crippen molar-refractivity contribution in [3.05, 3.63) is 37.4 Å². The summed E-state index contributed by atoms with van der Waals surface area (Å²) >= 11 is 0. The van der Waals surface area contributed by atoms with Gasteiger partial charge < -0.3 is 28.8 Å². The molecule has 0 aromatic carbocycles. The highest BCUT2D eigenvalue weighted by Crippen LogP contribution is 2.30. The molecule has 0 fully saturated rings. The fourth-order valence-electron chi connectivity index (χ4n) is 7.16. The fourth-order valence-corrected chi connectivity index (χ4v) is 47.6. The normalized spacial score (nSPS) is 14.6. The zero-order chi connectivity index (χ0) is 37.7. The highest BCUT2D eigenvalue weighted by molar-refractivity contribution is 6.92. The SMILES string of the molecule is C[n+]1ccn(CCC[Si](C)(C)O[Si](C)(C)O[Si](C)(C)O[Si](C)(C)O[Si](C)(C)O[Si](C)(C)O[Si](C)(C)O[Si](C)(C)CCCn2cc[n+](C)c2)c1. The Bertz CT molecular complexity index is 1230. The fraction of sp³-hybridized carbons (Fsp3) is 0.800. The van der Waals surface area contributed by atoms with Crippen LogP contribution in [0.4, 0.5) is 0 Å². The van der Waals surface area contributed by atoms with E-state index >= 15 is 0 Å². The lowest BCUT2D eigenvalue weighted by atomic mass is 10.5. The van der Waals surface area contributed by atoms with Crippen LogP contribution in [0.5, 0.6) is 0 Å². The summed E-state index contributed by atoms with van der Waals surface area (Å²) in [6.45, 7) is 36.8. The Hall–Kier alpha value is -0.125. The van der Waals surface area contributed by atoms with Crippen molar-refractivity contribution in [2.75, 3.05) is 0 Å². The molecule has 0 aliphatic carbocycles. The summed E-state index contributed by atoms with van der Waals surface area (Å²) in [6, 6.07) is 2.16. The van der Waals surface area contributed by atoms with Gasteiger partial charge in [-0.2, -0.15) is 0 Å². The molecular formula is C30H72N4O7Si8+2. The number of aryl methyl sites for hydroxylation is 4. The molecular weight excluding hydrogens is 753 g/mol. The Morgan fingerprint density at radius 3 is 0.878 bits per heavy atom. The van der Waals surface area contributed by atoms with E-state index in [2.05, 4.69) is 175 Å². The van der Waals surface area contributed by atoms with E-state index in [1.807, 2.05) is 0 Å². The van der Waals surface area contributed by atoms with Gasteiger partial charge in [0.1, 0.15) is 24.8 Å². The van der Waals surface area contributed by atoms with Crippen molar-refractivity contribution in [2.45, 2.75) is 143 Å². The molecule has 49 heavy (non-hydrogen) atoms. The Morgan fingerprint density at radius 1 is 0.408 bits per heavy atom. The van der Waals surface area contributed by atoms with Crippen LogP contribution in [0.2, 0.25) is 117 Å². The molecule has 0 aliphatic rings. The minimum absolute atomic E-state index is 0.997. The third-order valence-electron chi connectivity index (χ3n) is 7.54. The molecule has 0 N–H and O–H groups in total. The molecule has 0 atom stereocenters. The van der Waals surface area contributed by atoms with E-state index in [4.69, 9.17) is 28.8 Å². The molecule has 19 heteroatoms. The lowest BCUT2D eigenvalue weighted by Crippen LogP contribution is -2.61. The molecule has 0 saturated heterocycles. The molecule has 284 valence electrons. The predicted octanol–water partition coefficient (Wildman–Crippen LogP) is 7.16. The van der Waals surface area contributed by atoms with Gasteiger partial charge in [-0.3, -0.25) is 0 Å². The quantitative estimate of drug-likeness (QED) is 0.0922. The van der Waals surface area contributed by atoms with Crippen molar-refractivity contribution in [3.8, 4) is 0 Å². The summed E-state index contributed by atoms with van der Waals surface area (Å²) in [5.74, 6) is 0. The molecule has 0 unspecified atom stereocenters. The maximum absolute atomic E-state index is 6.85. The number of hydrogen-bond acceptors (Lipinski definition) is 7. The minimum Gasteiger partial charge on any atom is -0.436 e. The zero-order valence-electron chi connectivity index (χ0n) is 34.4. The summed E-state index contributed by atoms with van der Waals surface area (Å²) in [4.78, 5) is 0. The Morgan fingerprint density at radius 2 is 0.653 bits per heavy atom.